The van der Waals surface area contributed by atoms with E-state index in [0.29, 0.717) is 4.88 Å². The van der Waals surface area contributed by atoms with Crippen LogP contribution in [0.2, 0.25) is 0 Å². The van der Waals surface area contributed by atoms with E-state index < -0.39 is 0 Å². The Morgan fingerprint density at radius 1 is 1.25 bits per heavy atom. The molecule has 16 heavy (non-hydrogen) atoms. The van der Waals surface area contributed by atoms with E-state index in [-0.39, 0.29) is 10.8 Å². The SMILES string of the molecule is O=c1[nH]c(O)c(-c2ccc3c(c2)CCC3)s1. The van der Waals surface area contributed by atoms with Gasteiger partial charge in [-0.05, 0) is 42.0 Å². The third-order valence-electron chi connectivity index (χ3n) is 2.99. The van der Waals surface area contributed by atoms with Crippen LogP contribution in [0.3, 0.4) is 0 Å². The number of fused-ring (bicyclic) bond motifs is 1. The van der Waals surface area contributed by atoms with Crippen molar-refractivity contribution in [2.75, 3.05) is 0 Å². The van der Waals surface area contributed by atoms with Crippen LogP contribution < -0.4 is 4.87 Å². The number of aromatic hydroxyl groups is 1. The molecular weight excluding hydrogens is 222 g/mol. The number of benzene rings is 1. The molecule has 4 heteroatoms. The van der Waals surface area contributed by atoms with Crippen molar-refractivity contribution in [2.24, 2.45) is 0 Å². The zero-order valence-corrected chi connectivity index (χ0v) is 9.43. The Labute approximate surface area is 96.4 Å². The fourth-order valence-corrected chi connectivity index (χ4v) is 2.95. The monoisotopic (exact) mass is 233 g/mol. The van der Waals surface area contributed by atoms with Crippen LogP contribution in [0.1, 0.15) is 17.5 Å². The quantitative estimate of drug-likeness (QED) is 0.794. The molecule has 2 N–H and O–H groups in total. The van der Waals surface area contributed by atoms with Crippen LogP contribution in [0.5, 0.6) is 5.88 Å². The first kappa shape index (κ1) is 9.66. The largest absolute Gasteiger partial charge is 0.493 e. The molecule has 1 aromatic carbocycles. The molecule has 0 saturated carbocycles. The Morgan fingerprint density at radius 2 is 2.06 bits per heavy atom. The number of H-pyrrole nitrogens is 1. The Morgan fingerprint density at radius 3 is 2.81 bits per heavy atom. The summed E-state index contributed by atoms with van der Waals surface area (Å²) in [7, 11) is 0. The molecule has 0 fully saturated rings. The minimum Gasteiger partial charge on any atom is -0.493 e. The van der Waals surface area contributed by atoms with Gasteiger partial charge in [-0.25, -0.2) is 0 Å². The van der Waals surface area contributed by atoms with Gasteiger partial charge in [0.15, 0.2) is 0 Å². The number of thiazole rings is 1. The molecule has 3 nitrogen and oxygen atoms in total. The first-order chi connectivity index (χ1) is 7.74. The summed E-state index contributed by atoms with van der Waals surface area (Å²) in [5.74, 6) is -0.0204. The number of aryl methyl sites for hydroxylation is 2. The molecule has 2 aromatic rings. The highest BCUT2D eigenvalue weighted by atomic mass is 32.1. The van der Waals surface area contributed by atoms with E-state index in [2.05, 4.69) is 17.1 Å². The summed E-state index contributed by atoms with van der Waals surface area (Å²) >= 11 is 1.05. The van der Waals surface area contributed by atoms with Crippen molar-refractivity contribution >= 4 is 11.3 Å². The average molecular weight is 233 g/mol. The van der Waals surface area contributed by atoms with Crippen molar-refractivity contribution in [1.29, 1.82) is 0 Å². The lowest BCUT2D eigenvalue weighted by Crippen LogP contribution is -1.89. The molecule has 1 heterocycles. The van der Waals surface area contributed by atoms with Crippen molar-refractivity contribution < 1.29 is 5.11 Å². The third kappa shape index (κ3) is 1.46. The van der Waals surface area contributed by atoms with E-state index in [9.17, 15) is 9.90 Å². The summed E-state index contributed by atoms with van der Waals surface area (Å²) in [6, 6.07) is 6.16. The van der Waals surface area contributed by atoms with Crippen molar-refractivity contribution in [1.82, 2.24) is 4.98 Å². The standard InChI is InChI=1S/C12H11NO2S/c14-11-10(16-12(15)13-11)9-5-4-7-2-1-3-8(7)6-9/h4-6,14H,1-3H2,(H,13,15). The second-order valence-corrected chi connectivity index (χ2v) is 5.01. The summed E-state index contributed by atoms with van der Waals surface area (Å²) in [4.78, 5) is 13.9. The van der Waals surface area contributed by atoms with Gasteiger partial charge in [-0.15, -0.1) is 0 Å². The first-order valence-electron chi connectivity index (χ1n) is 5.28. The lowest BCUT2D eigenvalue weighted by molar-refractivity contribution is 0.458. The van der Waals surface area contributed by atoms with Crippen LogP contribution in [0, 0.1) is 0 Å². The highest BCUT2D eigenvalue weighted by Crippen LogP contribution is 2.33. The molecule has 0 radical (unpaired) electrons. The normalized spacial score (nSPS) is 14.0. The molecule has 0 atom stereocenters. The van der Waals surface area contributed by atoms with Gasteiger partial charge in [0.2, 0.25) is 5.88 Å². The van der Waals surface area contributed by atoms with Gasteiger partial charge in [-0.2, -0.15) is 0 Å². The molecular formula is C12H11NO2S. The average Bonchev–Trinajstić information content (AvgIpc) is 2.83. The van der Waals surface area contributed by atoms with Crippen LogP contribution in [0.25, 0.3) is 10.4 Å². The zero-order valence-electron chi connectivity index (χ0n) is 8.62. The summed E-state index contributed by atoms with van der Waals surface area (Å²) in [5, 5.41) is 9.59. The van der Waals surface area contributed by atoms with Gasteiger partial charge in [0.05, 0.1) is 4.88 Å². The second kappa shape index (κ2) is 3.49. The van der Waals surface area contributed by atoms with E-state index in [4.69, 9.17) is 0 Å². The molecule has 3 rings (SSSR count). The summed E-state index contributed by atoms with van der Waals surface area (Å²) in [5.41, 5.74) is 3.67. The van der Waals surface area contributed by atoms with Gasteiger partial charge in [0.25, 0.3) is 0 Å². The van der Waals surface area contributed by atoms with E-state index in [0.717, 1.165) is 29.7 Å². The highest BCUT2D eigenvalue weighted by Gasteiger charge is 2.14. The molecule has 0 bridgehead atoms. The molecule has 0 saturated heterocycles. The van der Waals surface area contributed by atoms with Crippen LogP contribution in [0.4, 0.5) is 0 Å². The predicted octanol–water partition coefficient (Wildman–Crippen LogP) is 2.30. The maximum absolute atomic E-state index is 11.1. The van der Waals surface area contributed by atoms with Crippen LogP contribution in [0.15, 0.2) is 23.0 Å². The molecule has 82 valence electrons. The van der Waals surface area contributed by atoms with Gasteiger partial charge in [0.1, 0.15) is 0 Å². The fourth-order valence-electron chi connectivity index (χ4n) is 2.23. The van der Waals surface area contributed by atoms with E-state index in [1.54, 1.807) is 0 Å². The van der Waals surface area contributed by atoms with Crippen molar-refractivity contribution in [3.8, 4) is 16.3 Å². The van der Waals surface area contributed by atoms with Crippen LogP contribution in [-0.4, -0.2) is 10.1 Å². The summed E-state index contributed by atoms with van der Waals surface area (Å²) < 4.78 is 0. The molecule has 0 spiro atoms. The number of aromatic amines is 1. The highest BCUT2D eigenvalue weighted by molar-refractivity contribution is 7.13. The number of hydrogen-bond donors (Lipinski definition) is 2. The summed E-state index contributed by atoms with van der Waals surface area (Å²) in [6.45, 7) is 0. The minimum atomic E-state index is -0.215. The minimum absolute atomic E-state index is 0.0204. The van der Waals surface area contributed by atoms with E-state index >= 15 is 0 Å². The maximum Gasteiger partial charge on any atom is 0.307 e. The second-order valence-electron chi connectivity index (χ2n) is 4.03. The van der Waals surface area contributed by atoms with E-state index in [1.165, 1.54) is 17.5 Å². The predicted molar refractivity (Wildman–Crippen MR) is 64.1 cm³/mol. The van der Waals surface area contributed by atoms with Crippen molar-refractivity contribution in [2.45, 2.75) is 19.3 Å². The molecule has 0 aliphatic heterocycles. The van der Waals surface area contributed by atoms with Crippen LogP contribution >= 0.6 is 11.3 Å². The number of nitrogens with one attached hydrogen (secondary N) is 1. The Bertz CT molecular complexity index is 597. The van der Waals surface area contributed by atoms with Gasteiger partial charge >= 0.3 is 4.87 Å². The van der Waals surface area contributed by atoms with Gasteiger partial charge < -0.3 is 5.11 Å². The zero-order chi connectivity index (χ0) is 11.1. The molecule has 1 aliphatic carbocycles. The Kier molecular flexibility index (Phi) is 2.11. The number of rotatable bonds is 1. The van der Waals surface area contributed by atoms with Gasteiger partial charge in [-0.1, -0.05) is 23.5 Å². The number of hydrogen-bond acceptors (Lipinski definition) is 3. The van der Waals surface area contributed by atoms with Crippen molar-refractivity contribution in [3.63, 3.8) is 0 Å². The van der Waals surface area contributed by atoms with Gasteiger partial charge in [0, 0.05) is 0 Å². The van der Waals surface area contributed by atoms with E-state index in [1.807, 2.05) is 6.07 Å². The number of aromatic nitrogens is 1. The topological polar surface area (TPSA) is 53.1 Å². The summed E-state index contributed by atoms with van der Waals surface area (Å²) in [6.07, 6.45) is 3.45. The molecule has 0 amide bonds. The smallest absolute Gasteiger partial charge is 0.307 e. The molecule has 1 aliphatic rings. The fraction of sp³-hybridized carbons (Fsp3) is 0.250. The van der Waals surface area contributed by atoms with Crippen molar-refractivity contribution in [3.05, 3.63) is 39.0 Å². The van der Waals surface area contributed by atoms with Crippen LogP contribution in [-0.2, 0) is 12.8 Å². The van der Waals surface area contributed by atoms with Gasteiger partial charge in [-0.3, -0.25) is 9.78 Å². The Hall–Kier alpha value is -1.55. The lowest BCUT2D eigenvalue weighted by Gasteiger charge is -2.02. The molecule has 1 aromatic heterocycles. The lowest BCUT2D eigenvalue weighted by atomic mass is 10.1. The maximum atomic E-state index is 11.1. The molecule has 0 unspecified atom stereocenters. The third-order valence-corrected chi connectivity index (χ3v) is 3.91. The Balaban J connectivity index is 2.14. The first-order valence-corrected chi connectivity index (χ1v) is 6.10.